The molecule has 0 saturated heterocycles. The summed E-state index contributed by atoms with van der Waals surface area (Å²) in [5, 5.41) is 14.6. The van der Waals surface area contributed by atoms with E-state index in [4.69, 9.17) is 14.5 Å². The van der Waals surface area contributed by atoms with Crippen molar-refractivity contribution in [2.75, 3.05) is 6.61 Å². The number of hydrogen-bond donors (Lipinski definition) is 0. The van der Waals surface area contributed by atoms with Gasteiger partial charge in [0.2, 0.25) is 0 Å². The molecule has 0 unspecified atom stereocenters. The summed E-state index contributed by atoms with van der Waals surface area (Å²) in [6, 6.07) is 18.8. The Hall–Kier alpha value is -3.48. The van der Waals surface area contributed by atoms with Gasteiger partial charge in [-0.25, -0.2) is 4.98 Å². The summed E-state index contributed by atoms with van der Waals surface area (Å²) in [5.41, 5.74) is 2.57. The first-order chi connectivity index (χ1) is 19.5. The SMILES string of the molecule is CCOc1cc(C=Nn2c(C3CCCCC3)nc3ccc(Br)cc3c2=O)cc(Br)c1OCc1ccccc1C#N. The van der Waals surface area contributed by atoms with Crippen LogP contribution < -0.4 is 15.0 Å². The minimum absolute atomic E-state index is 0.185. The molecule has 0 aliphatic heterocycles. The third-order valence-corrected chi connectivity index (χ3v) is 8.05. The van der Waals surface area contributed by atoms with E-state index in [0.717, 1.165) is 41.3 Å². The van der Waals surface area contributed by atoms with Crippen LogP contribution in [0, 0.1) is 11.3 Å². The van der Waals surface area contributed by atoms with Gasteiger partial charge in [0.05, 0.1) is 39.8 Å². The lowest BCUT2D eigenvalue weighted by molar-refractivity contribution is 0.267. The maximum absolute atomic E-state index is 13.6. The molecule has 9 heteroatoms. The Morgan fingerprint density at radius 2 is 1.90 bits per heavy atom. The van der Waals surface area contributed by atoms with Crippen molar-refractivity contribution in [2.24, 2.45) is 5.10 Å². The van der Waals surface area contributed by atoms with Gasteiger partial charge >= 0.3 is 0 Å². The van der Waals surface area contributed by atoms with Gasteiger partial charge in [-0.1, -0.05) is 53.4 Å². The highest BCUT2D eigenvalue weighted by Crippen LogP contribution is 2.37. The first kappa shape index (κ1) is 28.1. The molecule has 3 aromatic carbocycles. The number of benzene rings is 3. The largest absolute Gasteiger partial charge is 0.490 e. The van der Waals surface area contributed by atoms with Crippen LogP contribution in [0.2, 0.25) is 0 Å². The van der Waals surface area contributed by atoms with Crippen LogP contribution in [0.1, 0.15) is 67.5 Å². The van der Waals surface area contributed by atoms with Gasteiger partial charge in [-0.2, -0.15) is 15.0 Å². The van der Waals surface area contributed by atoms with Gasteiger partial charge in [-0.3, -0.25) is 4.79 Å². The summed E-state index contributed by atoms with van der Waals surface area (Å²) in [6.45, 7) is 2.56. The summed E-state index contributed by atoms with van der Waals surface area (Å²) < 4.78 is 15.0. The van der Waals surface area contributed by atoms with Gasteiger partial charge in [0.25, 0.3) is 5.56 Å². The summed E-state index contributed by atoms with van der Waals surface area (Å²) in [5.74, 6) is 1.96. The molecule has 4 aromatic rings. The Labute approximate surface area is 249 Å². The van der Waals surface area contributed by atoms with Crippen molar-refractivity contribution in [3.05, 3.63) is 96.4 Å². The highest BCUT2D eigenvalue weighted by Gasteiger charge is 2.22. The minimum Gasteiger partial charge on any atom is -0.490 e. The molecule has 204 valence electrons. The summed E-state index contributed by atoms with van der Waals surface area (Å²) in [4.78, 5) is 18.6. The molecule has 1 saturated carbocycles. The normalized spacial score (nSPS) is 13.9. The van der Waals surface area contributed by atoms with E-state index < -0.39 is 0 Å². The number of aromatic nitrogens is 2. The van der Waals surface area contributed by atoms with Crippen molar-refractivity contribution >= 4 is 49.0 Å². The van der Waals surface area contributed by atoms with Crippen molar-refractivity contribution < 1.29 is 9.47 Å². The molecule has 0 N–H and O–H groups in total. The van der Waals surface area contributed by atoms with E-state index in [9.17, 15) is 10.1 Å². The van der Waals surface area contributed by atoms with E-state index in [1.54, 1.807) is 18.3 Å². The molecular weight excluding hydrogens is 636 g/mol. The van der Waals surface area contributed by atoms with Crippen LogP contribution >= 0.6 is 31.9 Å². The number of fused-ring (bicyclic) bond motifs is 1. The third kappa shape index (κ3) is 6.13. The number of hydrogen-bond acceptors (Lipinski definition) is 6. The van der Waals surface area contributed by atoms with Crippen LogP contribution in [0.25, 0.3) is 10.9 Å². The Kier molecular flexibility index (Phi) is 8.98. The van der Waals surface area contributed by atoms with Gasteiger partial charge in [0.15, 0.2) is 11.5 Å². The average Bonchev–Trinajstić information content (AvgIpc) is 2.97. The molecule has 1 aliphatic carbocycles. The van der Waals surface area contributed by atoms with E-state index >= 15 is 0 Å². The van der Waals surface area contributed by atoms with Gasteiger partial charge in [0, 0.05) is 16.0 Å². The van der Waals surface area contributed by atoms with Crippen LogP contribution in [-0.2, 0) is 6.61 Å². The lowest BCUT2D eigenvalue weighted by Crippen LogP contribution is -2.25. The number of ether oxygens (including phenoxy) is 2. The topological polar surface area (TPSA) is 89.5 Å². The van der Waals surface area contributed by atoms with E-state index in [1.165, 1.54) is 11.1 Å². The Morgan fingerprint density at radius 3 is 2.67 bits per heavy atom. The molecule has 1 heterocycles. The predicted molar refractivity (Wildman–Crippen MR) is 163 cm³/mol. The fourth-order valence-electron chi connectivity index (χ4n) is 5.00. The van der Waals surface area contributed by atoms with Gasteiger partial charge in [-0.15, -0.1) is 0 Å². The summed E-state index contributed by atoms with van der Waals surface area (Å²) in [6.07, 6.45) is 7.08. The van der Waals surface area contributed by atoms with Crippen LogP contribution in [0.5, 0.6) is 11.5 Å². The monoisotopic (exact) mass is 662 g/mol. The smallest absolute Gasteiger partial charge is 0.282 e. The molecule has 1 aromatic heterocycles. The molecule has 0 amide bonds. The zero-order valence-corrected chi connectivity index (χ0v) is 25.2. The quantitative estimate of drug-likeness (QED) is 0.180. The number of nitriles is 1. The van der Waals surface area contributed by atoms with Crippen LogP contribution in [0.15, 0.2) is 73.4 Å². The number of rotatable bonds is 8. The second-order valence-corrected chi connectivity index (χ2v) is 11.4. The molecule has 5 rings (SSSR count). The van der Waals surface area contributed by atoms with Crippen molar-refractivity contribution in [3.63, 3.8) is 0 Å². The highest BCUT2D eigenvalue weighted by molar-refractivity contribution is 9.10. The maximum Gasteiger partial charge on any atom is 0.282 e. The zero-order chi connectivity index (χ0) is 28.1. The molecule has 0 atom stereocenters. The zero-order valence-electron chi connectivity index (χ0n) is 22.1. The van der Waals surface area contributed by atoms with Gasteiger partial charge in [-0.05, 0) is 77.7 Å². The lowest BCUT2D eigenvalue weighted by Gasteiger charge is -2.22. The van der Waals surface area contributed by atoms with Gasteiger partial charge in [0.1, 0.15) is 12.4 Å². The second kappa shape index (κ2) is 12.8. The van der Waals surface area contributed by atoms with Gasteiger partial charge < -0.3 is 9.47 Å². The predicted octanol–water partition coefficient (Wildman–Crippen LogP) is 7.70. The van der Waals surface area contributed by atoms with E-state index in [1.807, 2.05) is 49.4 Å². The number of halogens is 2. The van der Waals surface area contributed by atoms with Crippen LogP contribution in [0.4, 0.5) is 0 Å². The van der Waals surface area contributed by atoms with Crippen molar-refractivity contribution in [3.8, 4) is 17.6 Å². The Morgan fingerprint density at radius 1 is 1.10 bits per heavy atom. The lowest BCUT2D eigenvalue weighted by atomic mass is 9.88. The van der Waals surface area contributed by atoms with E-state index in [-0.39, 0.29) is 18.1 Å². The van der Waals surface area contributed by atoms with Crippen molar-refractivity contribution in [2.45, 2.75) is 51.6 Å². The van der Waals surface area contributed by atoms with Crippen molar-refractivity contribution in [1.29, 1.82) is 5.26 Å². The summed E-state index contributed by atoms with van der Waals surface area (Å²) >= 11 is 7.09. The average molecular weight is 664 g/mol. The molecule has 1 aliphatic rings. The number of nitrogens with zero attached hydrogens (tertiary/aromatic N) is 4. The Bertz CT molecular complexity index is 1670. The van der Waals surface area contributed by atoms with Crippen LogP contribution in [0.3, 0.4) is 0 Å². The molecule has 0 radical (unpaired) electrons. The molecular formula is C31H28Br2N4O3. The molecule has 0 spiro atoms. The second-order valence-electron chi connectivity index (χ2n) is 9.65. The summed E-state index contributed by atoms with van der Waals surface area (Å²) in [7, 11) is 0. The fraction of sp³-hybridized carbons (Fsp3) is 0.290. The Balaban J connectivity index is 1.51. The molecule has 7 nitrogen and oxygen atoms in total. The van der Waals surface area contributed by atoms with Crippen LogP contribution in [-0.4, -0.2) is 22.5 Å². The van der Waals surface area contributed by atoms with E-state index in [0.29, 0.717) is 44.9 Å². The highest BCUT2D eigenvalue weighted by atomic mass is 79.9. The molecule has 1 fully saturated rings. The first-order valence-corrected chi connectivity index (χ1v) is 14.9. The molecule has 0 bridgehead atoms. The molecule has 40 heavy (non-hydrogen) atoms. The fourth-order valence-corrected chi connectivity index (χ4v) is 5.93. The van der Waals surface area contributed by atoms with E-state index in [2.05, 4.69) is 43.0 Å². The minimum atomic E-state index is -0.191. The van der Waals surface area contributed by atoms with Crippen molar-refractivity contribution in [1.82, 2.24) is 9.66 Å². The first-order valence-electron chi connectivity index (χ1n) is 13.3. The standard InChI is InChI=1S/C31H28Br2N4O3/c1-2-39-28-15-20(14-26(33)29(28)40-19-23-11-7-6-10-22(23)17-34)18-35-37-30(21-8-4-3-5-9-21)36-27-13-12-24(32)16-25(27)31(37)38/h6-7,10-16,18,21H,2-5,8-9,19H2,1H3. The third-order valence-electron chi connectivity index (χ3n) is 6.97. The maximum atomic E-state index is 13.6.